The number of carbonyl (C=O) groups is 1. The van der Waals surface area contributed by atoms with E-state index in [4.69, 9.17) is 9.47 Å². The molecule has 0 bridgehead atoms. The van der Waals surface area contributed by atoms with Gasteiger partial charge in [0.15, 0.2) is 6.29 Å². The number of carbonyl (C=O) groups excluding carboxylic acids is 1. The van der Waals surface area contributed by atoms with Crippen LogP contribution in [0.25, 0.3) is 0 Å². The topological polar surface area (TPSA) is 162 Å². The first-order chi connectivity index (χ1) is 19.4. The van der Waals surface area contributed by atoms with Gasteiger partial charge in [0.2, 0.25) is 0 Å². The molecule has 0 aliphatic carbocycles. The smallest absolute Gasteiger partial charge is 0.253 e. The van der Waals surface area contributed by atoms with Gasteiger partial charge in [-0.3, -0.25) is 9.78 Å². The normalized spacial score (nSPS) is 24.7. The average Bonchev–Trinajstić information content (AvgIpc) is 2.97. The molecule has 10 nitrogen and oxygen atoms in total. The SMILES string of the molecule is CCCCCCCCCCCCC/C=C/[C@@H](O)[C@H](CO[C@@H]1O[C@H](CO)[C@H](O)[C@H](O)[C@H]1O)NC(=O)c1cccnc1. The van der Waals surface area contributed by atoms with Crippen LogP contribution < -0.4 is 5.32 Å². The summed E-state index contributed by atoms with van der Waals surface area (Å²) in [6.45, 7) is 1.38. The summed E-state index contributed by atoms with van der Waals surface area (Å²) in [5, 5.41) is 53.2. The number of rotatable bonds is 20. The molecule has 0 spiro atoms. The first kappa shape index (κ1) is 34.3. The molecule has 1 saturated heterocycles. The Morgan fingerprint density at radius 3 is 2.27 bits per heavy atom. The molecule has 1 amide bonds. The molecule has 6 N–H and O–H groups in total. The van der Waals surface area contributed by atoms with Gasteiger partial charge in [-0.15, -0.1) is 0 Å². The van der Waals surface area contributed by atoms with Gasteiger partial charge in [0.1, 0.15) is 24.4 Å². The van der Waals surface area contributed by atoms with Crippen LogP contribution in [0, 0.1) is 0 Å². The van der Waals surface area contributed by atoms with Gasteiger partial charge in [-0.25, -0.2) is 0 Å². The summed E-state index contributed by atoms with van der Waals surface area (Å²) >= 11 is 0. The summed E-state index contributed by atoms with van der Waals surface area (Å²) in [7, 11) is 0. The fraction of sp³-hybridized carbons (Fsp3) is 0.733. The van der Waals surface area contributed by atoms with Crippen molar-refractivity contribution in [2.45, 2.75) is 127 Å². The van der Waals surface area contributed by atoms with Gasteiger partial charge in [0.25, 0.3) is 5.91 Å². The van der Waals surface area contributed by atoms with Gasteiger partial charge in [0.05, 0.1) is 30.9 Å². The highest BCUT2D eigenvalue weighted by Crippen LogP contribution is 2.22. The van der Waals surface area contributed by atoms with Gasteiger partial charge in [0, 0.05) is 12.4 Å². The third kappa shape index (κ3) is 12.3. The second-order valence-corrected chi connectivity index (χ2v) is 10.6. The van der Waals surface area contributed by atoms with Crippen molar-refractivity contribution in [3.63, 3.8) is 0 Å². The van der Waals surface area contributed by atoms with Crippen LogP contribution in [0.4, 0.5) is 0 Å². The minimum atomic E-state index is -1.59. The monoisotopic (exact) mass is 566 g/mol. The lowest BCUT2D eigenvalue weighted by Gasteiger charge is -2.40. The Balaban J connectivity index is 1.82. The maximum Gasteiger partial charge on any atom is 0.253 e. The number of nitrogens with one attached hydrogen (secondary N) is 1. The van der Waals surface area contributed by atoms with Crippen LogP contribution in [0.1, 0.15) is 94.3 Å². The lowest BCUT2D eigenvalue weighted by molar-refractivity contribution is -0.302. The Kier molecular flexibility index (Phi) is 17.2. The maximum atomic E-state index is 12.7. The summed E-state index contributed by atoms with van der Waals surface area (Å²) in [4.78, 5) is 16.7. The van der Waals surface area contributed by atoms with E-state index in [0.29, 0.717) is 5.56 Å². The highest BCUT2D eigenvalue weighted by Gasteiger charge is 2.44. The third-order valence-corrected chi connectivity index (χ3v) is 7.25. The van der Waals surface area contributed by atoms with Crippen molar-refractivity contribution in [1.82, 2.24) is 10.3 Å². The van der Waals surface area contributed by atoms with Crippen molar-refractivity contribution in [3.05, 3.63) is 42.2 Å². The zero-order valence-electron chi connectivity index (χ0n) is 23.8. The number of aromatic nitrogens is 1. The molecule has 0 unspecified atom stereocenters. The highest BCUT2D eigenvalue weighted by atomic mass is 16.7. The number of hydrogen-bond acceptors (Lipinski definition) is 9. The number of pyridine rings is 1. The fourth-order valence-corrected chi connectivity index (χ4v) is 4.67. The predicted molar refractivity (Wildman–Crippen MR) is 151 cm³/mol. The molecule has 1 aromatic rings. The Hall–Kier alpha value is -1.92. The molecule has 1 aliphatic heterocycles. The van der Waals surface area contributed by atoms with Crippen LogP contribution in [0.3, 0.4) is 0 Å². The zero-order valence-corrected chi connectivity index (χ0v) is 23.8. The minimum absolute atomic E-state index is 0.265. The Morgan fingerprint density at radius 2 is 1.68 bits per heavy atom. The van der Waals surface area contributed by atoms with Crippen LogP contribution in [-0.2, 0) is 9.47 Å². The Labute approximate surface area is 238 Å². The molecular weight excluding hydrogens is 516 g/mol. The molecule has 2 heterocycles. The predicted octanol–water partition coefficient (Wildman–Crippen LogP) is 2.61. The van der Waals surface area contributed by atoms with Gasteiger partial charge < -0.3 is 40.3 Å². The third-order valence-electron chi connectivity index (χ3n) is 7.25. The lowest BCUT2D eigenvalue weighted by Crippen LogP contribution is -2.60. The quantitative estimate of drug-likeness (QED) is 0.103. The summed E-state index contributed by atoms with van der Waals surface area (Å²) < 4.78 is 11.0. The van der Waals surface area contributed by atoms with E-state index in [0.717, 1.165) is 19.3 Å². The van der Waals surface area contributed by atoms with Crippen LogP contribution >= 0.6 is 0 Å². The Bertz CT molecular complexity index is 825. The van der Waals surface area contributed by atoms with E-state index in [1.807, 2.05) is 6.08 Å². The Morgan fingerprint density at radius 1 is 1.02 bits per heavy atom. The molecule has 40 heavy (non-hydrogen) atoms. The summed E-state index contributed by atoms with van der Waals surface area (Å²) in [5.74, 6) is -0.465. The van der Waals surface area contributed by atoms with E-state index in [1.165, 1.54) is 64.0 Å². The highest BCUT2D eigenvalue weighted by molar-refractivity contribution is 5.94. The number of unbranched alkanes of at least 4 members (excludes halogenated alkanes) is 11. The van der Waals surface area contributed by atoms with E-state index in [2.05, 4.69) is 17.2 Å². The van der Waals surface area contributed by atoms with Gasteiger partial charge in [-0.05, 0) is 25.0 Å². The number of ether oxygens (including phenoxy) is 2. The van der Waals surface area contributed by atoms with Crippen LogP contribution in [-0.4, -0.2) is 92.5 Å². The molecular formula is C30H50N2O8. The number of nitrogens with zero attached hydrogens (tertiary/aromatic N) is 1. The molecule has 0 radical (unpaired) electrons. The van der Waals surface area contributed by atoms with Crippen molar-refractivity contribution in [2.24, 2.45) is 0 Å². The molecule has 0 saturated carbocycles. The molecule has 2 rings (SSSR count). The number of hydrogen-bond donors (Lipinski definition) is 6. The molecule has 1 fully saturated rings. The van der Waals surface area contributed by atoms with Crippen molar-refractivity contribution in [1.29, 1.82) is 0 Å². The maximum absolute atomic E-state index is 12.7. The molecule has 7 atom stereocenters. The number of aliphatic hydroxyl groups excluding tert-OH is 5. The molecule has 0 aromatic carbocycles. The molecule has 228 valence electrons. The van der Waals surface area contributed by atoms with E-state index < -0.39 is 55.4 Å². The molecule has 1 aromatic heterocycles. The summed E-state index contributed by atoms with van der Waals surface area (Å²) in [6, 6.07) is 2.30. The molecule has 10 heteroatoms. The number of aliphatic hydroxyl groups is 5. The standard InChI is InChI=1S/C30H50N2O8/c1-2-3-4-5-6-7-8-9-10-11-12-13-14-17-24(34)23(32-29(38)22-16-15-18-31-19-22)21-39-30-28(37)27(36)26(35)25(20-33)40-30/h14-19,23-28,30,33-37H,2-13,20-21H2,1H3,(H,32,38)/b17-14+/t23-,24+,25+,26-,27-,28+,30+/m0/s1. The summed E-state index contributed by atoms with van der Waals surface area (Å²) in [5.41, 5.74) is 0.303. The number of allylic oxidation sites excluding steroid dienone is 1. The van der Waals surface area contributed by atoms with Crippen LogP contribution in [0.5, 0.6) is 0 Å². The van der Waals surface area contributed by atoms with Gasteiger partial charge in [-0.2, -0.15) is 0 Å². The van der Waals surface area contributed by atoms with Crippen LogP contribution in [0.15, 0.2) is 36.7 Å². The van der Waals surface area contributed by atoms with Crippen LogP contribution in [0.2, 0.25) is 0 Å². The van der Waals surface area contributed by atoms with Gasteiger partial charge >= 0.3 is 0 Å². The first-order valence-electron chi connectivity index (χ1n) is 14.9. The van der Waals surface area contributed by atoms with E-state index in [9.17, 15) is 30.3 Å². The van der Waals surface area contributed by atoms with Crippen molar-refractivity contribution < 1.29 is 39.8 Å². The first-order valence-corrected chi connectivity index (χ1v) is 14.9. The fourth-order valence-electron chi connectivity index (χ4n) is 4.67. The summed E-state index contributed by atoms with van der Waals surface area (Å²) in [6.07, 6.45) is 12.8. The number of amides is 1. The second kappa shape index (κ2) is 20.0. The molecule has 1 aliphatic rings. The van der Waals surface area contributed by atoms with E-state index in [1.54, 1.807) is 24.4 Å². The minimum Gasteiger partial charge on any atom is -0.394 e. The van der Waals surface area contributed by atoms with Crippen molar-refractivity contribution in [2.75, 3.05) is 13.2 Å². The van der Waals surface area contributed by atoms with Crippen molar-refractivity contribution in [3.8, 4) is 0 Å². The van der Waals surface area contributed by atoms with E-state index in [-0.39, 0.29) is 6.61 Å². The van der Waals surface area contributed by atoms with E-state index >= 15 is 0 Å². The largest absolute Gasteiger partial charge is 0.394 e. The van der Waals surface area contributed by atoms with Crippen molar-refractivity contribution >= 4 is 5.91 Å². The second-order valence-electron chi connectivity index (χ2n) is 10.6. The van der Waals surface area contributed by atoms with Gasteiger partial charge in [-0.1, -0.05) is 83.3 Å². The lowest BCUT2D eigenvalue weighted by atomic mass is 9.99. The average molecular weight is 567 g/mol. The zero-order chi connectivity index (χ0) is 29.2.